The largest absolute Gasteiger partial charge is 0.354 e. The summed E-state index contributed by atoms with van der Waals surface area (Å²) in [6.07, 6.45) is 6.45. The molecule has 2 aromatic carbocycles. The zero-order chi connectivity index (χ0) is 18.6. The molecular formula is C24H25NOS. The molecule has 0 fully saturated rings. The molecule has 4 rings (SSSR count). The van der Waals surface area contributed by atoms with Crippen molar-refractivity contribution in [3.63, 3.8) is 0 Å². The number of aromatic amines is 1. The minimum Gasteiger partial charge on any atom is -0.354 e. The number of thiophene rings is 1. The molecule has 27 heavy (non-hydrogen) atoms. The molecule has 0 saturated heterocycles. The molecule has 0 bridgehead atoms. The quantitative estimate of drug-likeness (QED) is 0.250. The Labute approximate surface area is 164 Å². The highest BCUT2D eigenvalue weighted by Crippen LogP contribution is 2.35. The molecule has 0 spiro atoms. The fourth-order valence-corrected chi connectivity index (χ4v) is 4.49. The number of rotatable bonds is 8. The molecule has 0 aliphatic rings. The van der Waals surface area contributed by atoms with Crippen molar-refractivity contribution >= 4 is 38.9 Å². The summed E-state index contributed by atoms with van der Waals surface area (Å²) in [7, 11) is 0. The summed E-state index contributed by atoms with van der Waals surface area (Å²) >= 11 is 1.72. The second-order valence-corrected chi connectivity index (χ2v) is 8.13. The predicted octanol–water partition coefficient (Wildman–Crippen LogP) is 7.59. The van der Waals surface area contributed by atoms with E-state index in [1.165, 1.54) is 29.5 Å². The number of hydrogen-bond acceptors (Lipinski definition) is 2. The number of para-hydroxylation sites is 1. The van der Waals surface area contributed by atoms with Crippen molar-refractivity contribution in [3.05, 3.63) is 59.5 Å². The minimum absolute atomic E-state index is 0.251. The summed E-state index contributed by atoms with van der Waals surface area (Å²) in [5, 5.41) is 4.41. The molecule has 0 radical (unpaired) electrons. The van der Waals surface area contributed by atoms with Crippen molar-refractivity contribution in [1.82, 2.24) is 4.98 Å². The van der Waals surface area contributed by atoms with Crippen molar-refractivity contribution in [3.8, 4) is 10.4 Å². The summed E-state index contributed by atoms with van der Waals surface area (Å²) in [4.78, 5) is 17.8. The van der Waals surface area contributed by atoms with Gasteiger partial charge in [0, 0.05) is 33.2 Å². The first kappa shape index (κ1) is 18.0. The van der Waals surface area contributed by atoms with E-state index in [9.17, 15) is 4.79 Å². The normalized spacial score (nSPS) is 11.4. The molecule has 3 heteroatoms. The first-order valence-corrected chi connectivity index (χ1v) is 10.8. The molecule has 4 aromatic rings. The SMILES string of the molecule is CCCCCCCC(=O)c1cc(-c2cccs2)cc2c1[nH]c1ccccc12. The maximum Gasteiger partial charge on any atom is 0.165 e. The number of aromatic nitrogens is 1. The fourth-order valence-electron chi connectivity index (χ4n) is 3.78. The Hall–Kier alpha value is -2.39. The first-order valence-electron chi connectivity index (χ1n) is 9.89. The zero-order valence-corrected chi connectivity index (χ0v) is 16.6. The average Bonchev–Trinajstić information content (AvgIpc) is 3.35. The Kier molecular flexibility index (Phi) is 5.40. The van der Waals surface area contributed by atoms with Crippen LogP contribution in [-0.2, 0) is 0 Å². The molecule has 0 unspecified atom stereocenters. The van der Waals surface area contributed by atoms with Crippen LogP contribution in [0.15, 0.2) is 53.9 Å². The summed E-state index contributed by atoms with van der Waals surface area (Å²) in [6, 6.07) is 16.8. The van der Waals surface area contributed by atoms with E-state index in [0.29, 0.717) is 6.42 Å². The highest BCUT2D eigenvalue weighted by molar-refractivity contribution is 7.13. The van der Waals surface area contributed by atoms with Gasteiger partial charge in [0.2, 0.25) is 0 Å². The van der Waals surface area contributed by atoms with Crippen molar-refractivity contribution in [2.45, 2.75) is 45.4 Å². The third kappa shape index (κ3) is 3.70. The number of nitrogens with one attached hydrogen (secondary N) is 1. The number of benzene rings is 2. The van der Waals surface area contributed by atoms with E-state index in [4.69, 9.17) is 0 Å². The predicted molar refractivity (Wildman–Crippen MR) is 117 cm³/mol. The molecule has 0 atom stereocenters. The number of ketones is 1. The van der Waals surface area contributed by atoms with Gasteiger partial charge in [-0.2, -0.15) is 0 Å². The van der Waals surface area contributed by atoms with Crippen LogP contribution in [0.2, 0.25) is 0 Å². The van der Waals surface area contributed by atoms with Crippen molar-refractivity contribution in [2.75, 3.05) is 0 Å². The molecule has 138 valence electrons. The van der Waals surface area contributed by atoms with Gasteiger partial charge < -0.3 is 4.98 Å². The molecule has 2 heterocycles. The van der Waals surface area contributed by atoms with E-state index in [-0.39, 0.29) is 5.78 Å². The third-order valence-corrected chi connectivity index (χ3v) is 6.15. The number of carbonyl (C=O) groups is 1. The van der Waals surface area contributed by atoms with E-state index in [2.05, 4.69) is 59.8 Å². The number of hydrogen-bond donors (Lipinski definition) is 1. The monoisotopic (exact) mass is 375 g/mol. The highest BCUT2D eigenvalue weighted by Gasteiger charge is 2.16. The summed E-state index contributed by atoms with van der Waals surface area (Å²) in [5.41, 5.74) is 4.04. The van der Waals surface area contributed by atoms with Gasteiger partial charge in [0.05, 0.1) is 5.52 Å². The molecule has 2 nitrogen and oxygen atoms in total. The molecule has 0 aliphatic carbocycles. The van der Waals surface area contributed by atoms with Gasteiger partial charge in [-0.3, -0.25) is 4.79 Å². The van der Waals surface area contributed by atoms with E-state index in [1.54, 1.807) is 11.3 Å². The lowest BCUT2D eigenvalue weighted by atomic mass is 9.98. The number of Topliss-reactive ketones (excluding diaryl/α,β-unsaturated/α-hetero) is 1. The first-order chi connectivity index (χ1) is 13.3. The van der Waals surface area contributed by atoms with Gasteiger partial charge in [-0.1, -0.05) is 56.9 Å². The Balaban J connectivity index is 1.74. The lowest BCUT2D eigenvalue weighted by Gasteiger charge is -2.07. The number of fused-ring (bicyclic) bond motifs is 3. The van der Waals surface area contributed by atoms with Crippen LogP contribution >= 0.6 is 11.3 Å². The van der Waals surface area contributed by atoms with Gasteiger partial charge in [0.1, 0.15) is 0 Å². The number of unbranched alkanes of at least 4 members (excludes halogenated alkanes) is 4. The van der Waals surface area contributed by atoms with Crippen LogP contribution in [0.3, 0.4) is 0 Å². The van der Waals surface area contributed by atoms with E-state index in [1.807, 2.05) is 6.07 Å². The molecule has 2 aromatic heterocycles. The Bertz CT molecular complexity index is 1060. The molecule has 0 amide bonds. The van der Waals surface area contributed by atoms with Crippen LogP contribution < -0.4 is 0 Å². The number of H-pyrrole nitrogens is 1. The van der Waals surface area contributed by atoms with Crippen LogP contribution in [0.4, 0.5) is 0 Å². The second-order valence-electron chi connectivity index (χ2n) is 7.18. The van der Waals surface area contributed by atoms with Crippen LogP contribution in [-0.4, -0.2) is 10.8 Å². The molecular weight excluding hydrogens is 350 g/mol. The Morgan fingerprint density at radius 1 is 0.963 bits per heavy atom. The van der Waals surface area contributed by atoms with E-state index < -0.39 is 0 Å². The second kappa shape index (κ2) is 8.10. The lowest BCUT2D eigenvalue weighted by Crippen LogP contribution is -2.01. The fraction of sp³-hybridized carbons (Fsp3) is 0.292. The van der Waals surface area contributed by atoms with Crippen molar-refractivity contribution < 1.29 is 4.79 Å². The van der Waals surface area contributed by atoms with Gasteiger partial charge in [-0.25, -0.2) is 0 Å². The maximum absolute atomic E-state index is 13.1. The highest BCUT2D eigenvalue weighted by atomic mass is 32.1. The van der Waals surface area contributed by atoms with Gasteiger partial charge in [-0.05, 0) is 41.6 Å². The number of carbonyl (C=O) groups excluding carboxylic acids is 1. The van der Waals surface area contributed by atoms with Gasteiger partial charge in [0.25, 0.3) is 0 Å². The van der Waals surface area contributed by atoms with Gasteiger partial charge >= 0.3 is 0 Å². The minimum atomic E-state index is 0.251. The van der Waals surface area contributed by atoms with Crippen LogP contribution in [0.5, 0.6) is 0 Å². The van der Waals surface area contributed by atoms with Gasteiger partial charge in [0.15, 0.2) is 5.78 Å². The zero-order valence-electron chi connectivity index (χ0n) is 15.8. The summed E-state index contributed by atoms with van der Waals surface area (Å²) in [5.74, 6) is 0.251. The standard InChI is InChI=1S/C24H25NOS/c1-2-3-4-5-6-12-22(26)20-16-17(23-13-9-14-27-23)15-19-18-10-7-8-11-21(18)25-24(19)20/h7-11,13-16,25H,2-6,12H2,1H3. The van der Waals surface area contributed by atoms with Crippen LogP contribution in [0.1, 0.15) is 55.8 Å². The molecule has 0 saturated carbocycles. The molecule has 0 aliphatic heterocycles. The third-order valence-electron chi connectivity index (χ3n) is 5.23. The lowest BCUT2D eigenvalue weighted by molar-refractivity contribution is 0.0980. The Morgan fingerprint density at radius 2 is 1.81 bits per heavy atom. The topological polar surface area (TPSA) is 32.9 Å². The van der Waals surface area contributed by atoms with Crippen LogP contribution in [0, 0.1) is 0 Å². The van der Waals surface area contributed by atoms with E-state index >= 15 is 0 Å². The van der Waals surface area contributed by atoms with Crippen molar-refractivity contribution in [1.29, 1.82) is 0 Å². The van der Waals surface area contributed by atoms with Crippen LogP contribution in [0.25, 0.3) is 32.2 Å². The maximum atomic E-state index is 13.1. The average molecular weight is 376 g/mol. The summed E-state index contributed by atoms with van der Waals surface area (Å²) < 4.78 is 0. The molecule has 1 N–H and O–H groups in total. The summed E-state index contributed by atoms with van der Waals surface area (Å²) in [6.45, 7) is 2.22. The van der Waals surface area contributed by atoms with E-state index in [0.717, 1.165) is 40.4 Å². The Morgan fingerprint density at radius 3 is 2.63 bits per heavy atom. The van der Waals surface area contributed by atoms with Gasteiger partial charge in [-0.15, -0.1) is 11.3 Å². The van der Waals surface area contributed by atoms with Crippen molar-refractivity contribution in [2.24, 2.45) is 0 Å². The smallest absolute Gasteiger partial charge is 0.165 e.